The fourth-order valence-electron chi connectivity index (χ4n) is 3.09. The topological polar surface area (TPSA) is 0 Å². The third kappa shape index (κ3) is 1.94. The molecule has 0 saturated heterocycles. The highest BCUT2D eigenvalue weighted by molar-refractivity contribution is 6.74. The monoisotopic (exact) mass is 228 g/mol. The summed E-state index contributed by atoms with van der Waals surface area (Å²) in [5.41, 5.74) is 3.86. The molecule has 0 aromatic heterocycles. The molecule has 0 saturated carbocycles. The summed E-state index contributed by atoms with van der Waals surface area (Å²) in [5.74, 6) is 0.702. The van der Waals surface area contributed by atoms with Crippen LogP contribution in [0.1, 0.15) is 46.1 Å². The Hall–Kier alpha value is -0.715. The molecule has 1 aliphatic heterocycles. The number of fused-ring (bicyclic) bond motifs is 1. The first kappa shape index (κ1) is 12.7. The molecule has 1 unspecified atom stereocenters. The average Bonchev–Trinajstić information content (AvgIpc) is 2.56. The molecule has 1 aliphatic rings. The van der Waals surface area contributed by atoms with Crippen LogP contribution in [0.3, 0.4) is 0 Å². The van der Waals surface area contributed by atoms with Crippen LogP contribution in [0.4, 0.5) is 0 Å². The largest absolute Gasteiger partial charge is 0.173 e. The van der Waals surface area contributed by atoms with Gasteiger partial charge in [0.1, 0.15) is 0 Å². The third-order valence-corrected chi connectivity index (χ3v) is 5.30. The first-order chi connectivity index (χ1) is 7.75. The summed E-state index contributed by atoms with van der Waals surface area (Å²) < 4.78 is 0. The number of benzene rings is 1. The van der Waals surface area contributed by atoms with Crippen LogP contribution >= 0.6 is 0 Å². The van der Waals surface area contributed by atoms with Crippen LogP contribution in [0.5, 0.6) is 0 Å². The number of hydrogen-bond donors (Lipinski definition) is 0. The van der Waals surface area contributed by atoms with Crippen LogP contribution in [-0.2, 0) is 0 Å². The second-order valence-corrected chi connectivity index (χ2v) is 7.29. The van der Waals surface area contributed by atoms with E-state index in [-0.39, 0.29) is 0 Å². The minimum absolute atomic E-state index is 0.341. The van der Waals surface area contributed by atoms with Crippen molar-refractivity contribution in [2.45, 2.75) is 53.7 Å². The molecule has 1 aromatic rings. The Balaban J connectivity index is 2.44. The predicted octanol–water partition coefficient (Wildman–Crippen LogP) is 4.19. The van der Waals surface area contributed by atoms with Crippen molar-refractivity contribution < 1.29 is 0 Å². The van der Waals surface area contributed by atoms with Crippen molar-refractivity contribution in [2.24, 2.45) is 10.8 Å². The van der Waals surface area contributed by atoms with Crippen LogP contribution in [0.15, 0.2) is 24.3 Å². The summed E-state index contributed by atoms with van der Waals surface area (Å²) in [6, 6.07) is 9.04. The lowest BCUT2D eigenvalue weighted by Gasteiger charge is -2.44. The summed E-state index contributed by atoms with van der Waals surface area (Å²) in [4.78, 5) is 0. The van der Waals surface area contributed by atoms with Crippen LogP contribution in [0.25, 0.3) is 0 Å². The maximum absolute atomic E-state index is 2.44. The van der Waals surface area contributed by atoms with Crippen molar-refractivity contribution in [3.05, 3.63) is 29.8 Å². The molecule has 2 rings (SSSR count). The summed E-state index contributed by atoms with van der Waals surface area (Å²) in [6.07, 6.45) is 1.31. The van der Waals surface area contributed by atoms with E-state index in [2.05, 4.69) is 65.7 Å². The molecule has 0 aliphatic carbocycles. The summed E-state index contributed by atoms with van der Waals surface area (Å²) in [6.45, 7) is 15.1. The molecule has 1 heteroatoms. The smallest absolute Gasteiger partial charge is 0.0817 e. The van der Waals surface area contributed by atoms with Gasteiger partial charge in [-0.05, 0) is 16.7 Å². The number of rotatable bonds is 1. The zero-order valence-corrected chi connectivity index (χ0v) is 12.2. The van der Waals surface area contributed by atoms with E-state index in [1.54, 1.807) is 11.0 Å². The Morgan fingerprint density at radius 2 is 1.65 bits per heavy atom. The highest BCUT2D eigenvalue weighted by atomic mass is 14.5. The van der Waals surface area contributed by atoms with E-state index >= 15 is 0 Å². The van der Waals surface area contributed by atoms with E-state index in [9.17, 15) is 0 Å². The molecule has 1 aromatic carbocycles. The molecule has 0 nitrogen and oxygen atoms in total. The average molecular weight is 228 g/mol. The van der Waals surface area contributed by atoms with Crippen molar-refractivity contribution in [3.8, 4) is 0 Å². The van der Waals surface area contributed by atoms with Crippen LogP contribution < -0.4 is 5.46 Å². The zero-order chi connectivity index (χ0) is 12.8. The highest BCUT2D eigenvalue weighted by Gasteiger charge is 2.45. The lowest BCUT2D eigenvalue weighted by atomic mass is 9.46. The maximum Gasteiger partial charge on any atom is 0.173 e. The molecular weight excluding hydrogens is 203 g/mol. The van der Waals surface area contributed by atoms with Gasteiger partial charge in [0.05, 0.1) is 0 Å². The SMILES string of the molecule is CB1CC(C(C)(C)C(C)(C)C)c2ccccc21. The fraction of sp³-hybridized carbons (Fsp3) is 0.625. The zero-order valence-electron chi connectivity index (χ0n) is 12.2. The predicted molar refractivity (Wildman–Crippen MR) is 78.5 cm³/mol. The Labute approximate surface area is 107 Å². The molecule has 0 radical (unpaired) electrons. The molecule has 0 bridgehead atoms. The molecule has 1 atom stereocenters. The molecule has 0 N–H and O–H groups in total. The van der Waals surface area contributed by atoms with Crippen molar-refractivity contribution in [3.63, 3.8) is 0 Å². The summed E-state index contributed by atoms with van der Waals surface area (Å²) >= 11 is 0. The molecular formula is C16H25B. The van der Waals surface area contributed by atoms with Gasteiger partial charge in [0.2, 0.25) is 0 Å². The van der Waals surface area contributed by atoms with Gasteiger partial charge < -0.3 is 0 Å². The normalized spacial score (nSPS) is 20.6. The van der Waals surface area contributed by atoms with E-state index in [1.807, 2.05) is 0 Å². The Bertz CT molecular complexity index is 412. The molecule has 1 heterocycles. The Morgan fingerprint density at radius 3 is 2.24 bits per heavy atom. The van der Waals surface area contributed by atoms with Crippen LogP contribution in [0.2, 0.25) is 13.1 Å². The standard InChI is InChI=1S/C16H25B/c1-15(2,3)16(4,5)13-11-17(6)14-10-8-7-9-12(13)14/h7-10,13H,11H2,1-6H3. The van der Waals surface area contributed by atoms with Gasteiger partial charge in [0, 0.05) is 0 Å². The minimum Gasteiger partial charge on any atom is -0.0817 e. The van der Waals surface area contributed by atoms with Gasteiger partial charge in [0.25, 0.3) is 0 Å². The van der Waals surface area contributed by atoms with Gasteiger partial charge in [-0.2, -0.15) is 0 Å². The van der Waals surface area contributed by atoms with E-state index < -0.39 is 0 Å². The molecule has 0 fully saturated rings. The van der Waals surface area contributed by atoms with E-state index in [1.165, 1.54) is 6.32 Å². The first-order valence-corrected chi connectivity index (χ1v) is 6.84. The Morgan fingerprint density at radius 1 is 1.06 bits per heavy atom. The second-order valence-electron chi connectivity index (χ2n) is 7.29. The van der Waals surface area contributed by atoms with Crippen molar-refractivity contribution >= 4 is 12.2 Å². The molecule has 92 valence electrons. The van der Waals surface area contributed by atoms with Gasteiger partial charge in [0.15, 0.2) is 6.71 Å². The van der Waals surface area contributed by atoms with Crippen LogP contribution in [-0.4, -0.2) is 6.71 Å². The lowest BCUT2D eigenvalue weighted by molar-refractivity contribution is 0.103. The Kier molecular flexibility index (Phi) is 2.92. The maximum atomic E-state index is 2.44. The fourth-order valence-corrected chi connectivity index (χ4v) is 3.09. The quantitative estimate of drug-likeness (QED) is 0.632. The lowest BCUT2D eigenvalue weighted by Crippen LogP contribution is -2.35. The molecule has 0 spiro atoms. The van der Waals surface area contributed by atoms with Gasteiger partial charge in [-0.25, -0.2) is 0 Å². The van der Waals surface area contributed by atoms with E-state index in [0.717, 1.165) is 6.71 Å². The van der Waals surface area contributed by atoms with Crippen molar-refractivity contribution in [1.82, 2.24) is 0 Å². The second kappa shape index (κ2) is 3.90. The number of hydrogen-bond acceptors (Lipinski definition) is 0. The van der Waals surface area contributed by atoms with Gasteiger partial charge in [-0.3, -0.25) is 0 Å². The van der Waals surface area contributed by atoms with Crippen LogP contribution in [0, 0.1) is 10.8 Å². The van der Waals surface area contributed by atoms with E-state index in [0.29, 0.717) is 16.7 Å². The van der Waals surface area contributed by atoms with Gasteiger partial charge >= 0.3 is 0 Å². The summed E-state index contributed by atoms with van der Waals surface area (Å²) in [5, 5.41) is 0. The summed E-state index contributed by atoms with van der Waals surface area (Å²) in [7, 11) is 0. The van der Waals surface area contributed by atoms with Crippen molar-refractivity contribution in [1.29, 1.82) is 0 Å². The van der Waals surface area contributed by atoms with Crippen molar-refractivity contribution in [2.75, 3.05) is 0 Å². The highest BCUT2D eigenvalue weighted by Crippen LogP contribution is 2.52. The third-order valence-electron chi connectivity index (χ3n) is 5.30. The molecule has 0 amide bonds. The minimum atomic E-state index is 0.341. The van der Waals surface area contributed by atoms with Gasteiger partial charge in [-0.1, -0.05) is 83.1 Å². The first-order valence-electron chi connectivity index (χ1n) is 6.84. The molecule has 17 heavy (non-hydrogen) atoms. The van der Waals surface area contributed by atoms with E-state index in [4.69, 9.17) is 0 Å². The van der Waals surface area contributed by atoms with Gasteiger partial charge in [-0.15, -0.1) is 0 Å².